The van der Waals surface area contributed by atoms with Crippen molar-refractivity contribution < 1.29 is 4.74 Å². The van der Waals surface area contributed by atoms with Crippen LogP contribution in [0.1, 0.15) is 19.4 Å². The lowest BCUT2D eigenvalue weighted by Gasteiger charge is -2.17. The molecule has 9 heteroatoms. The summed E-state index contributed by atoms with van der Waals surface area (Å²) in [6, 6.07) is 5.42. The summed E-state index contributed by atoms with van der Waals surface area (Å²) >= 11 is 8.06. The molecule has 0 unspecified atom stereocenters. The lowest BCUT2D eigenvalue weighted by molar-refractivity contribution is 0.324. The molecule has 0 spiro atoms. The molecule has 7 nitrogen and oxygen atoms in total. The second kappa shape index (κ2) is 9.82. The Morgan fingerprint density at radius 1 is 1.33 bits per heavy atom. The Hall–Kier alpha value is -2.78. The van der Waals surface area contributed by atoms with Crippen LogP contribution in [0.2, 0.25) is 5.02 Å². The zero-order valence-corrected chi connectivity index (χ0v) is 18.6. The first kappa shape index (κ1) is 21.9. The molecule has 30 heavy (non-hydrogen) atoms. The van der Waals surface area contributed by atoms with Gasteiger partial charge in [0.05, 0.1) is 30.3 Å². The van der Waals surface area contributed by atoms with Crippen LogP contribution in [0.4, 0.5) is 5.69 Å². The normalized spacial score (nSPS) is 10.9. The van der Waals surface area contributed by atoms with E-state index in [-0.39, 0.29) is 0 Å². The molecule has 1 N–H and O–H groups in total. The first-order valence-corrected chi connectivity index (χ1v) is 10.8. The monoisotopic (exact) mass is 440 g/mol. The van der Waals surface area contributed by atoms with Crippen LogP contribution in [0, 0.1) is 17.9 Å². The van der Waals surface area contributed by atoms with Gasteiger partial charge in [-0.2, -0.15) is 5.26 Å². The van der Waals surface area contributed by atoms with E-state index in [1.54, 1.807) is 30.1 Å². The molecule has 0 aliphatic rings. The van der Waals surface area contributed by atoms with Crippen molar-refractivity contribution in [2.24, 2.45) is 0 Å². The SMILES string of the molecule is [C-]#[N+]c1cc(Cl)c(-c2nc(SCCN(CC)CC)nc3[nH]cc(C#N)c23)cc1OC. The molecule has 0 fully saturated rings. The topological polar surface area (TPSA) is 82.2 Å². The summed E-state index contributed by atoms with van der Waals surface area (Å²) in [6.45, 7) is 14.5. The molecule has 0 amide bonds. The van der Waals surface area contributed by atoms with Gasteiger partial charge in [-0.05, 0) is 25.2 Å². The number of benzene rings is 1. The number of aromatic nitrogens is 3. The summed E-state index contributed by atoms with van der Waals surface area (Å²) in [5, 5.41) is 11.1. The van der Waals surface area contributed by atoms with Crippen molar-refractivity contribution in [1.29, 1.82) is 5.26 Å². The second-order valence-corrected chi connectivity index (χ2v) is 7.85. The molecule has 0 bridgehead atoms. The third kappa shape index (κ3) is 4.36. The van der Waals surface area contributed by atoms with Crippen molar-refractivity contribution in [3.05, 3.63) is 40.3 Å². The first-order chi connectivity index (χ1) is 14.6. The number of nitrogens with one attached hydrogen (secondary N) is 1. The van der Waals surface area contributed by atoms with E-state index in [0.717, 1.165) is 25.4 Å². The Bertz CT molecular complexity index is 1140. The molecule has 3 rings (SSSR count). The number of fused-ring (bicyclic) bond motifs is 1. The summed E-state index contributed by atoms with van der Waals surface area (Å²) < 4.78 is 5.35. The van der Waals surface area contributed by atoms with Gasteiger partial charge in [-0.25, -0.2) is 14.8 Å². The molecule has 154 valence electrons. The molecule has 0 atom stereocenters. The predicted octanol–water partition coefficient (Wildman–Crippen LogP) is 5.14. The molecule has 0 aliphatic carbocycles. The highest BCUT2D eigenvalue weighted by molar-refractivity contribution is 7.99. The number of rotatable bonds is 8. The van der Waals surface area contributed by atoms with Gasteiger partial charge >= 0.3 is 0 Å². The maximum Gasteiger partial charge on any atom is 0.229 e. The molecule has 2 aromatic heterocycles. The van der Waals surface area contributed by atoms with Gasteiger partial charge in [-0.15, -0.1) is 0 Å². The van der Waals surface area contributed by atoms with Gasteiger partial charge in [0.2, 0.25) is 5.69 Å². The van der Waals surface area contributed by atoms with Crippen molar-refractivity contribution in [2.45, 2.75) is 19.0 Å². The van der Waals surface area contributed by atoms with Crippen LogP contribution in [0.3, 0.4) is 0 Å². The Balaban J connectivity index is 2.10. The summed E-state index contributed by atoms with van der Waals surface area (Å²) in [5.41, 5.74) is 2.47. The van der Waals surface area contributed by atoms with Gasteiger partial charge in [0.25, 0.3) is 0 Å². The van der Waals surface area contributed by atoms with Crippen LogP contribution >= 0.6 is 23.4 Å². The largest absolute Gasteiger partial charge is 0.508 e. The van der Waals surface area contributed by atoms with E-state index in [2.05, 4.69) is 39.6 Å². The number of halogens is 1. The molecule has 0 saturated heterocycles. The van der Waals surface area contributed by atoms with E-state index in [9.17, 15) is 5.26 Å². The Morgan fingerprint density at radius 3 is 2.73 bits per heavy atom. The van der Waals surface area contributed by atoms with Gasteiger partial charge in [0.15, 0.2) is 5.16 Å². The molecule has 2 heterocycles. The summed E-state index contributed by atoms with van der Waals surface area (Å²) in [4.78, 5) is 18.2. The van der Waals surface area contributed by atoms with E-state index >= 15 is 0 Å². The lowest BCUT2D eigenvalue weighted by Crippen LogP contribution is -2.25. The van der Waals surface area contributed by atoms with Gasteiger partial charge in [0.1, 0.15) is 17.5 Å². The fourth-order valence-corrected chi connectivity index (χ4v) is 4.23. The number of thioether (sulfide) groups is 1. The summed E-state index contributed by atoms with van der Waals surface area (Å²) in [5.74, 6) is 1.24. The van der Waals surface area contributed by atoms with Crippen molar-refractivity contribution in [3.63, 3.8) is 0 Å². The maximum atomic E-state index is 9.54. The van der Waals surface area contributed by atoms with Crippen molar-refractivity contribution in [2.75, 3.05) is 32.5 Å². The number of H-pyrrole nitrogens is 1. The molecule has 0 radical (unpaired) electrons. The van der Waals surface area contributed by atoms with Crippen molar-refractivity contribution in [1.82, 2.24) is 19.9 Å². The quantitative estimate of drug-likeness (QED) is 0.296. The summed E-state index contributed by atoms with van der Waals surface area (Å²) in [6.07, 6.45) is 1.62. The highest BCUT2D eigenvalue weighted by atomic mass is 35.5. The second-order valence-electron chi connectivity index (χ2n) is 6.38. The highest BCUT2D eigenvalue weighted by Gasteiger charge is 2.20. The van der Waals surface area contributed by atoms with Crippen LogP contribution < -0.4 is 4.74 Å². The van der Waals surface area contributed by atoms with E-state index in [1.807, 2.05) is 0 Å². The minimum Gasteiger partial charge on any atom is -0.508 e. The number of hydrogen-bond donors (Lipinski definition) is 1. The standard InChI is InChI=1S/C21H21ClN6OS/c1-5-28(6-2)7-8-30-21-26-19(18-13(11-23)12-25-20(18)27-21)14-9-17(29-4)16(24-3)10-15(14)22/h9-10,12H,5-8H2,1-2,4H3,(H,25,26,27). The van der Waals surface area contributed by atoms with Crippen LogP contribution in [0.25, 0.3) is 27.1 Å². The molecule has 0 aliphatic heterocycles. The van der Waals surface area contributed by atoms with E-state index < -0.39 is 0 Å². The average Bonchev–Trinajstić information content (AvgIpc) is 3.19. The Labute approximate surface area is 184 Å². The maximum absolute atomic E-state index is 9.54. The van der Waals surface area contributed by atoms with Crippen LogP contribution in [-0.2, 0) is 0 Å². The fraction of sp³-hybridized carbons (Fsp3) is 0.333. The molecular weight excluding hydrogens is 420 g/mol. The first-order valence-electron chi connectivity index (χ1n) is 9.45. The number of aromatic amines is 1. The van der Waals surface area contributed by atoms with Gasteiger partial charge in [-0.1, -0.05) is 37.2 Å². The number of nitriles is 1. The number of nitrogens with zero attached hydrogens (tertiary/aromatic N) is 5. The predicted molar refractivity (Wildman–Crippen MR) is 120 cm³/mol. The third-order valence-corrected chi connectivity index (χ3v) is 5.95. The van der Waals surface area contributed by atoms with Gasteiger partial charge in [-0.3, -0.25) is 0 Å². The van der Waals surface area contributed by atoms with Crippen LogP contribution in [0.5, 0.6) is 5.75 Å². The smallest absolute Gasteiger partial charge is 0.229 e. The fourth-order valence-electron chi connectivity index (χ4n) is 3.14. The number of ether oxygens (including phenoxy) is 1. The molecular formula is C21H21ClN6OS. The van der Waals surface area contributed by atoms with Crippen molar-refractivity contribution >= 4 is 40.1 Å². The summed E-state index contributed by atoms with van der Waals surface area (Å²) in [7, 11) is 1.50. The van der Waals surface area contributed by atoms with E-state index in [0.29, 0.717) is 49.5 Å². The molecule has 1 aromatic carbocycles. The van der Waals surface area contributed by atoms with Gasteiger partial charge < -0.3 is 14.6 Å². The van der Waals surface area contributed by atoms with Crippen molar-refractivity contribution in [3.8, 4) is 23.1 Å². The van der Waals surface area contributed by atoms with Crippen LogP contribution in [-0.4, -0.2) is 52.3 Å². The third-order valence-electron chi connectivity index (χ3n) is 4.81. The zero-order chi connectivity index (χ0) is 21.7. The number of methoxy groups -OCH3 is 1. The lowest BCUT2D eigenvalue weighted by atomic mass is 10.1. The van der Waals surface area contributed by atoms with E-state index in [4.69, 9.17) is 27.9 Å². The minimum absolute atomic E-state index is 0.319. The van der Waals surface area contributed by atoms with E-state index in [1.165, 1.54) is 7.11 Å². The Kier molecular flexibility index (Phi) is 7.17. The van der Waals surface area contributed by atoms with Crippen LogP contribution in [0.15, 0.2) is 23.5 Å². The number of hydrogen-bond acceptors (Lipinski definition) is 6. The highest BCUT2D eigenvalue weighted by Crippen LogP contribution is 2.41. The van der Waals surface area contributed by atoms with Gasteiger partial charge in [0, 0.05) is 29.1 Å². The molecule has 0 saturated carbocycles. The average molecular weight is 441 g/mol. The molecule has 3 aromatic rings. The zero-order valence-electron chi connectivity index (χ0n) is 17.0. The minimum atomic E-state index is 0.319. The Morgan fingerprint density at radius 2 is 2.10 bits per heavy atom.